The molecule has 0 saturated carbocycles. The van der Waals surface area contributed by atoms with Crippen LogP contribution in [0, 0.1) is 0 Å². The summed E-state index contributed by atoms with van der Waals surface area (Å²) in [5.41, 5.74) is 3.88. The first-order valence-corrected chi connectivity index (χ1v) is 43.6. The molecule has 0 aromatic heterocycles. The predicted molar refractivity (Wildman–Crippen MR) is 205 cm³/mol. The van der Waals surface area contributed by atoms with Crippen molar-refractivity contribution < 1.29 is 37.0 Å². The Morgan fingerprint density at radius 1 is 0.256 bits per heavy atom. The van der Waals surface area contributed by atoms with E-state index < -0.39 is 85.1 Å². The smallest absolute Gasteiger partial charge is 0.314 e. The van der Waals surface area contributed by atoms with Crippen LogP contribution in [-0.2, 0) is 37.0 Å². The fourth-order valence-electron chi connectivity index (χ4n) is 5.66. The van der Waals surface area contributed by atoms with Crippen LogP contribution in [0.15, 0.2) is 24.6 Å². The van der Waals surface area contributed by atoms with Crippen LogP contribution >= 0.6 is 0 Å². The summed E-state index contributed by atoms with van der Waals surface area (Å²) in [5.74, 6) is 0. The van der Waals surface area contributed by atoms with Gasteiger partial charge < -0.3 is 37.0 Å². The molecular formula is C24H66O9Si10. The topological polar surface area (TPSA) is 83.1 Å². The van der Waals surface area contributed by atoms with Gasteiger partial charge in [-0.3, -0.25) is 0 Å². The van der Waals surface area contributed by atoms with Gasteiger partial charge in [0.25, 0.3) is 0 Å². The molecule has 0 heterocycles. The molecule has 0 fully saturated rings. The first-order valence-electron chi connectivity index (χ1n) is 15.1. The lowest BCUT2D eigenvalue weighted by Crippen LogP contribution is -2.62. The molecule has 0 bridgehead atoms. The summed E-state index contributed by atoms with van der Waals surface area (Å²) in [4.78, 5) is 0. The van der Waals surface area contributed by atoms with Gasteiger partial charge in [-0.2, -0.15) is 0 Å². The highest BCUT2D eigenvalue weighted by molar-refractivity contribution is 6.93. The molecule has 0 spiro atoms. The Labute approximate surface area is 276 Å². The third-order valence-corrected chi connectivity index (χ3v) is 43.1. The number of hydrogen-bond donors (Lipinski definition) is 0. The van der Waals surface area contributed by atoms with Crippen LogP contribution in [0.4, 0.5) is 0 Å². The average Bonchev–Trinajstić information content (AvgIpc) is 2.58. The minimum atomic E-state index is -2.66. The van der Waals surface area contributed by atoms with E-state index >= 15 is 0 Å². The third kappa shape index (κ3) is 19.6. The van der Waals surface area contributed by atoms with Gasteiger partial charge in [0, 0.05) is 0 Å². The maximum Gasteiger partial charge on any atom is 0.314 e. The lowest BCUT2D eigenvalue weighted by Gasteiger charge is -2.44. The van der Waals surface area contributed by atoms with Crippen LogP contribution in [0.1, 0.15) is 0 Å². The Morgan fingerprint density at radius 2 is 0.372 bits per heavy atom. The van der Waals surface area contributed by atoms with E-state index in [2.05, 4.69) is 144 Å². The van der Waals surface area contributed by atoms with Crippen molar-refractivity contribution in [3.8, 4) is 0 Å². The molecule has 9 nitrogen and oxygen atoms in total. The van der Waals surface area contributed by atoms with Crippen LogP contribution in [0.2, 0.25) is 131 Å². The first-order chi connectivity index (χ1) is 18.5. The van der Waals surface area contributed by atoms with Crippen LogP contribution in [-0.4, -0.2) is 85.1 Å². The third-order valence-electron chi connectivity index (χ3n) is 5.44. The van der Waals surface area contributed by atoms with Crippen LogP contribution in [0.25, 0.3) is 0 Å². The van der Waals surface area contributed by atoms with E-state index in [9.17, 15) is 0 Å². The Morgan fingerprint density at radius 3 is 0.488 bits per heavy atom. The van der Waals surface area contributed by atoms with Crippen molar-refractivity contribution in [2.75, 3.05) is 0 Å². The zero-order chi connectivity index (χ0) is 34.8. The highest BCUT2D eigenvalue weighted by Crippen LogP contribution is 2.30. The van der Waals surface area contributed by atoms with E-state index in [-0.39, 0.29) is 0 Å². The van der Waals surface area contributed by atoms with Crippen molar-refractivity contribution in [1.29, 1.82) is 0 Å². The van der Waals surface area contributed by atoms with Crippen molar-refractivity contribution in [3.63, 3.8) is 0 Å². The zero-order valence-corrected chi connectivity index (χ0v) is 41.2. The van der Waals surface area contributed by atoms with Crippen LogP contribution < -0.4 is 0 Å². The minimum absolute atomic E-state index is 1.94. The maximum atomic E-state index is 6.74. The second-order valence-electron chi connectivity index (χ2n) is 15.7. The van der Waals surface area contributed by atoms with Gasteiger partial charge in [-0.05, 0) is 131 Å². The second-order valence-corrected chi connectivity index (χ2v) is 52.7. The molecule has 0 aromatic carbocycles. The lowest BCUT2D eigenvalue weighted by molar-refractivity contribution is 0.257. The average molecular weight is 780 g/mol. The van der Waals surface area contributed by atoms with Crippen molar-refractivity contribution in [3.05, 3.63) is 24.6 Å². The summed E-state index contributed by atoms with van der Waals surface area (Å²) in [6.07, 6.45) is 0. The van der Waals surface area contributed by atoms with E-state index in [0.29, 0.717) is 0 Å². The lowest BCUT2D eigenvalue weighted by atomic mass is 11.3. The zero-order valence-electron chi connectivity index (χ0n) is 31.2. The van der Waals surface area contributed by atoms with Crippen molar-refractivity contribution in [2.45, 2.75) is 131 Å². The quantitative estimate of drug-likeness (QED) is 0.113. The predicted octanol–water partition coefficient (Wildman–Crippen LogP) is 8.61. The van der Waals surface area contributed by atoms with Crippen LogP contribution in [0.5, 0.6) is 0 Å². The van der Waals surface area contributed by atoms with Crippen molar-refractivity contribution in [1.82, 2.24) is 0 Å². The molecule has 0 aromatic rings. The van der Waals surface area contributed by atoms with Gasteiger partial charge in [0.15, 0.2) is 16.6 Å². The Hall–Kier alpha value is 1.29. The van der Waals surface area contributed by atoms with E-state index in [1.165, 1.54) is 0 Å². The molecule has 256 valence electrons. The van der Waals surface area contributed by atoms with Crippen LogP contribution in [0.3, 0.4) is 0 Å². The molecule has 0 saturated heterocycles. The highest BCUT2D eigenvalue weighted by atomic mass is 28.5. The van der Waals surface area contributed by atoms with E-state index in [1.54, 1.807) is 0 Å². The SMILES string of the molecule is C=C[Si](C)(C)O[Si](C)(C)O[Si](C)(C)O[Si](C)(C)O[Si](C)(C)O[Si](C)(C)O[Si](C)(C)O[Si](C)(C)O[Si](C)(C)O[Si](C)(C)C=C. The van der Waals surface area contributed by atoms with E-state index in [4.69, 9.17) is 37.0 Å². The summed E-state index contributed by atoms with van der Waals surface area (Å²) in [7, 11) is -24.6. The summed E-state index contributed by atoms with van der Waals surface area (Å²) in [6.45, 7) is 49.5. The molecule has 0 rings (SSSR count). The van der Waals surface area contributed by atoms with Gasteiger partial charge in [-0.25, -0.2) is 0 Å². The fourth-order valence-corrected chi connectivity index (χ4v) is 53.9. The molecule has 43 heavy (non-hydrogen) atoms. The summed E-state index contributed by atoms with van der Waals surface area (Å²) < 4.78 is 59.6. The van der Waals surface area contributed by atoms with Gasteiger partial charge in [0.1, 0.15) is 0 Å². The fraction of sp³-hybridized carbons (Fsp3) is 0.833. The molecular weight excluding hydrogens is 713 g/mol. The maximum absolute atomic E-state index is 6.74. The van der Waals surface area contributed by atoms with Crippen molar-refractivity contribution in [2.24, 2.45) is 0 Å². The van der Waals surface area contributed by atoms with Gasteiger partial charge in [0.2, 0.25) is 0 Å². The molecule has 0 aliphatic carbocycles. The number of rotatable bonds is 20. The first kappa shape index (κ1) is 44.3. The summed E-state index contributed by atoms with van der Waals surface area (Å²) in [6, 6.07) is 0. The molecule has 0 amide bonds. The minimum Gasteiger partial charge on any atom is -0.433 e. The Kier molecular flexibility index (Phi) is 15.3. The standard InChI is InChI=1S/C24H66O9Si10/c1-23-34(3,4)25-36(7,8)27-38(11,12)29-40(15,16)31-42(19,20)33-43(21,22)32-41(17,18)30-39(13,14)28-37(9,10)26-35(5,6)24-2/h23-24H,1-2H2,3-22H3. The largest absolute Gasteiger partial charge is 0.433 e. The summed E-state index contributed by atoms with van der Waals surface area (Å²) >= 11 is 0. The Balaban J connectivity index is 5.49. The second kappa shape index (κ2) is 14.8. The monoisotopic (exact) mass is 778 g/mol. The van der Waals surface area contributed by atoms with Gasteiger partial charge in [0.05, 0.1) is 0 Å². The van der Waals surface area contributed by atoms with Gasteiger partial charge in [-0.15, -0.1) is 13.2 Å². The van der Waals surface area contributed by atoms with E-state index in [0.717, 1.165) is 0 Å². The number of hydrogen-bond acceptors (Lipinski definition) is 9. The normalized spacial score (nSPS) is 15.5. The molecule has 0 atom stereocenters. The summed E-state index contributed by atoms with van der Waals surface area (Å²) in [5, 5.41) is 0. The van der Waals surface area contributed by atoms with Gasteiger partial charge >= 0.3 is 68.5 Å². The molecule has 0 unspecified atom stereocenters. The van der Waals surface area contributed by atoms with Gasteiger partial charge in [-0.1, -0.05) is 11.4 Å². The molecule has 0 aliphatic heterocycles. The highest BCUT2D eigenvalue weighted by Gasteiger charge is 2.50. The molecule has 0 radical (unpaired) electrons. The van der Waals surface area contributed by atoms with Crippen molar-refractivity contribution >= 4 is 85.1 Å². The molecule has 0 N–H and O–H groups in total. The Bertz CT molecular complexity index is 878. The molecule has 19 heteroatoms. The molecule has 0 aliphatic rings. The van der Waals surface area contributed by atoms with E-state index in [1.807, 2.05) is 11.4 Å².